The van der Waals surface area contributed by atoms with Gasteiger partial charge in [-0.2, -0.15) is 9.97 Å². The second kappa shape index (κ2) is 4.09. The maximum Gasteiger partial charge on any atom is 0.224 e. The van der Waals surface area contributed by atoms with Crippen LogP contribution >= 0.6 is 0 Å². The zero-order valence-corrected chi connectivity index (χ0v) is 8.06. The number of rotatable bonds is 4. The van der Waals surface area contributed by atoms with Crippen molar-refractivity contribution in [1.29, 1.82) is 0 Å². The lowest BCUT2D eigenvalue weighted by Crippen LogP contribution is -2.07. The minimum Gasteiger partial charge on any atom is -0.396 e. The standard InChI is InChI=1S/C8H12N6O/c9-8-13-6(10-2-1-3-15)5-7(14-8)12-4-11-5/h4,15H,1-3H2,(H4,9,10,11,12,13,14). The van der Waals surface area contributed by atoms with Gasteiger partial charge in [0.15, 0.2) is 11.5 Å². The zero-order valence-electron chi connectivity index (χ0n) is 8.06. The molecule has 2 aromatic rings. The average Bonchev–Trinajstić information content (AvgIpc) is 2.65. The molecule has 80 valence electrons. The fraction of sp³-hybridized carbons (Fsp3) is 0.375. The van der Waals surface area contributed by atoms with Crippen LogP contribution in [0.4, 0.5) is 11.8 Å². The van der Waals surface area contributed by atoms with Crippen LogP contribution in [0.3, 0.4) is 0 Å². The summed E-state index contributed by atoms with van der Waals surface area (Å²) in [5.74, 6) is 0.796. The minimum atomic E-state index is 0.139. The highest BCUT2D eigenvalue weighted by molar-refractivity contribution is 5.83. The van der Waals surface area contributed by atoms with E-state index >= 15 is 0 Å². The number of aromatic amines is 1. The van der Waals surface area contributed by atoms with Gasteiger partial charge in [0.25, 0.3) is 0 Å². The SMILES string of the molecule is Nc1nc(NCCCO)c2[nH]cnc2n1. The number of nitrogens with one attached hydrogen (secondary N) is 2. The summed E-state index contributed by atoms with van der Waals surface area (Å²) in [5, 5.41) is 11.7. The molecule has 0 spiro atoms. The molecule has 0 atom stereocenters. The summed E-state index contributed by atoms with van der Waals surface area (Å²) < 4.78 is 0. The van der Waals surface area contributed by atoms with Crippen molar-refractivity contribution < 1.29 is 5.11 Å². The molecule has 15 heavy (non-hydrogen) atoms. The number of fused-ring (bicyclic) bond motifs is 1. The Morgan fingerprint density at radius 3 is 3.13 bits per heavy atom. The summed E-state index contributed by atoms with van der Waals surface area (Å²) in [4.78, 5) is 14.9. The monoisotopic (exact) mass is 208 g/mol. The van der Waals surface area contributed by atoms with Crippen LogP contribution in [0.25, 0.3) is 11.2 Å². The van der Waals surface area contributed by atoms with Crippen molar-refractivity contribution in [3.8, 4) is 0 Å². The van der Waals surface area contributed by atoms with Crippen LogP contribution in [0, 0.1) is 0 Å². The minimum absolute atomic E-state index is 0.139. The Hall–Kier alpha value is -1.89. The first-order chi connectivity index (χ1) is 7.31. The Morgan fingerprint density at radius 1 is 1.47 bits per heavy atom. The normalized spacial score (nSPS) is 10.7. The molecule has 0 aliphatic carbocycles. The molecular weight excluding hydrogens is 196 g/mol. The van der Waals surface area contributed by atoms with Crippen molar-refractivity contribution in [3.63, 3.8) is 0 Å². The summed E-state index contributed by atoms with van der Waals surface area (Å²) >= 11 is 0. The molecule has 0 bridgehead atoms. The zero-order chi connectivity index (χ0) is 10.7. The highest BCUT2D eigenvalue weighted by Gasteiger charge is 2.07. The number of nitrogens with two attached hydrogens (primary N) is 1. The largest absolute Gasteiger partial charge is 0.396 e. The summed E-state index contributed by atoms with van der Waals surface area (Å²) in [6.45, 7) is 0.765. The van der Waals surface area contributed by atoms with Gasteiger partial charge in [0.1, 0.15) is 5.52 Å². The van der Waals surface area contributed by atoms with E-state index in [1.807, 2.05) is 0 Å². The quantitative estimate of drug-likeness (QED) is 0.514. The molecule has 0 aliphatic heterocycles. The smallest absolute Gasteiger partial charge is 0.224 e. The third kappa shape index (κ3) is 1.96. The number of aliphatic hydroxyl groups is 1. The molecule has 0 aliphatic rings. The van der Waals surface area contributed by atoms with Crippen molar-refractivity contribution in [2.75, 3.05) is 24.2 Å². The lowest BCUT2D eigenvalue weighted by atomic mass is 10.4. The highest BCUT2D eigenvalue weighted by atomic mass is 16.3. The van der Waals surface area contributed by atoms with Crippen LogP contribution in [0.1, 0.15) is 6.42 Å². The summed E-state index contributed by atoms with van der Waals surface area (Å²) in [6, 6.07) is 0. The second-order valence-electron chi connectivity index (χ2n) is 3.04. The van der Waals surface area contributed by atoms with Crippen LogP contribution in [0.15, 0.2) is 6.33 Å². The summed E-state index contributed by atoms with van der Waals surface area (Å²) in [7, 11) is 0. The van der Waals surface area contributed by atoms with E-state index in [1.165, 1.54) is 6.33 Å². The van der Waals surface area contributed by atoms with E-state index in [2.05, 4.69) is 25.3 Å². The van der Waals surface area contributed by atoms with E-state index in [9.17, 15) is 0 Å². The molecule has 2 aromatic heterocycles. The van der Waals surface area contributed by atoms with Gasteiger partial charge >= 0.3 is 0 Å². The van der Waals surface area contributed by atoms with E-state index < -0.39 is 0 Å². The van der Waals surface area contributed by atoms with Crippen LogP contribution in [-0.2, 0) is 0 Å². The third-order valence-electron chi connectivity index (χ3n) is 1.93. The van der Waals surface area contributed by atoms with Crippen molar-refractivity contribution in [2.24, 2.45) is 0 Å². The van der Waals surface area contributed by atoms with Crippen molar-refractivity contribution in [1.82, 2.24) is 19.9 Å². The summed E-state index contributed by atoms with van der Waals surface area (Å²) in [5.41, 5.74) is 6.78. The molecule has 0 amide bonds. The predicted octanol–water partition coefficient (Wildman–Crippen LogP) is -0.271. The molecule has 2 heterocycles. The molecule has 5 N–H and O–H groups in total. The number of nitrogens with zero attached hydrogens (tertiary/aromatic N) is 3. The van der Waals surface area contributed by atoms with Crippen LogP contribution < -0.4 is 11.1 Å². The van der Waals surface area contributed by atoms with E-state index in [-0.39, 0.29) is 12.6 Å². The second-order valence-corrected chi connectivity index (χ2v) is 3.04. The first kappa shape index (κ1) is 9.66. The van der Waals surface area contributed by atoms with Gasteiger partial charge in [0.2, 0.25) is 5.95 Å². The molecule has 7 heteroatoms. The number of nitrogen functional groups attached to an aromatic ring is 1. The van der Waals surface area contributed by atoms with E-state index in [0.717, 1.165) is 5.52 Å². The molecule has 0 radical (unpaired) electrons. The molecular formula is C8H12N6O. The topological polar surface area (TPSA) is 113 Å². The van der Waals surface area contributed by atoms with Gasteiger partial charge in [0, 0.05) is 13.2 Å². The van der Waals surface area contributed by atoms with Crippen LogP contribution in [0.5, 0.6) is 0 Å². The maximum atomic E-state index is 8.65. The van der Waals surface area contributed by atoms with Gasteiger partial charge in [-0.1, -0.05) is 0 Å². The average molecular weight is 208 g/mol. The number of aromatic nitrogens is 4. The van der Waals surface area contributed by atoms with Gasteiger partial charge in [-0.05, 0) is 6.42 Å². The van der Waals surface area contributed by atoms with Crippen LogP contribution in [0.2, 0.25) is 0 Å². The van der Waals surface area contributed by atoms with Crippen molar-refractivity contribution in [2.45, 2.75) is 6.42 Å². The number of hydrogen-bond acceptors (Lipinski definition) is 6. The molecule has 0 fully saturated rings. The van der Waals surface area contributed by atoms with Crippen LogP contribution in [-0.4, -0.2) is 38.2 Å². The fourth-order valence-corrected chi connectivity index (χ4v) is 1.26. The molecule has 0 unspecified atom stereocenters. The van der Waals surface area contributed by atoms with Crippen molar-refractivity contribution in [3.05, 3.63) is 6.33 Å². The van der Waals surface area contributed by atoms with Gasteiger partial charge in [-0.25, -0.2) is 4.98 Å². The highest BCUT2D eigenvalue weighted by Crippen LogP contribution is 2.16. The fourth-order valence-electron chi connectivity index (χ4n) is 1.26. The van der Waals surface area contributed by atoms with Gasteiger partial charge in [0.05, 0.1) is 6.33 Å². The van der Waals surface area contributed by atoms with Gasteiger partial charge < -0.3 is 21.1 Å². The molecule has 0 saturated carbocycles. The van der Waals surface area contributed by atoms with E-state index in [0.29, 0.717) is 24.4 Å². The first-order valence-corrected chi connectivity index (χ1v) is 4.62. The lowest BCUT2D eigenvalue weighted by molar-refractivity contribution is 0.292. The molecule has 0 saturated heterocycles. The Kier molecular flexibility index (Phi) is 2.64. The summed E-state index contributed by atoms with van der Waals surface area (Å²) in [6.07, 6.45) is 2.19. The Labute approximate surface area is 85.8 Å². The Morgan fingerprint density at radius 2 is 2.33 bits per heavy atom. The van der Waals surface area contributed by atoms with Gasteiger partial charge in [-0.3, -0.25) is 0 Å². The first-order valence-electron chi connectivity index (χ1n) is 4.62. The molecule has 0 aromatic carbocycles. The Bertz CT molecular complexity index is 453. The third-order valence-corrected chi connectivity index (χ3v) is 1.93. The van der Waals surface area contributed by atoms with Gasteiger partial charge in [-0.15, -0.1) is 0 Å². The number of anilines is 2. The maximum absolute atomic E-state index is 8.65. The number of hydrogen-bond donors (Lipinski definition) is 4. The van der Waals surface area contributed by atoms with Crippen molar-refractivity contribution >= 4 is 22.9 Å². The van der Waals surface area contributed by atoms with E-state index in [1.54, 1.807) is 0 Å². The molecule has 7 nitrogen and oxygen atoms in total. The molecule has 2 rings (SSSR count). The predicted molar refractivity (Wildman–Crippen MR) is 56.3 cm³/mol. The number of H-pyrrole nitrogens is 1. The lowest BCUT2D eigenvalue weighted by Gasteiger charge is -2.05. The number of imidazole rings is 1. The number of aliphatic hydroxyl groups excluding tert-OH is 1. The van der Waals surface area contributed by atoms with E-state index in [4.69, 9.17) is 10.8 Å². The Balaban J connectivity index is 2.27.